The van der Waals surface area contributed by atoms with Gasteiger partial charge in [-0.3, -0.25) is 0 Å². The second-order valence-corrected chi connectivity index (χ2v) is 5.05. The van der Waals surface area contributed by atoms with Crippen molar-refractivity contribution in [3.05, 3.63) is 11.6 Å². The van der Waals surface area contributed by atoms with Crippen LogP contribution in [0.1, 0.15) is 67.7 Å². The van der Waals surface area contributed by atoms with Crippen LogP contribution in [0.15, 0.2) is 11.6 Å². The molecule has 0 aliphatic rings. The summed E-state index contributed by atoms with van der Waals surface area (Å²) in [6, 6.07) is 0. The summed E-state index contributed by atoms with van der Waals surface area (Å²) in [7, 11) is 0. The summed E-state index contributed by atoms with van der Waals surface area (Å²) >= 11 is 0. The summed E-state index contributed by atoms with van der Waals surface area (Å²) in [4.78, 5) is 0. The van der Waals surface area contributed by atoms with Crippen LogP contribution < -0.4 is 0 Å². The van der Waals surface area contributed by atoms with Crippen molar-refractivity contribution in [2.75, 3.05) is 19.8 Å². The predicted octanol–water partition coefficient (Wildman–Crippen LogP) is 5.23. The smallest absolute Gasteiger partial charge is 0.0782 e. The van der Waals surface area contributed by atoms with Crippen LogP contribution in [0.3, 0.4) is 0 Å². The molecule has 19 heavy (non-hydrogen) atoms. The van der Waals surface area contributed by atoms with E-state index in [0.717, 1.165) is 38.6 Å². The Kier molecular flexibility index (Phi) is 17.3. The van der Waals surface area contributed by atoms with Crippen molar-refractivity contribution in [1.82, 2.24) is 0 Å². The molecule has 0 saturated carbocycles. The first kappa shape index (κ1) is 21.0. The van der Waals surface area contributed by atoms with Gasteiger partial charge in [0.25, 0.3) is 0 Å². The van der Waals surface area contributed by atoms with Crippen molar-refractivity contribution < 1.29 is 9.47 Å². The highest BCUT2D eigenvalue weighted by Crippen LogP contribution is 2.16. The molecule has 0 aromatic rings. The standard InChI is InChI=1S/C13H26O.C4H10O/c1-6-8-12(5)13(14-7-2)10-9-11(3)4;1-3-5-4-2/h8,11,13H,6-7,9-10H2,1-5H3;3-4H2,1-2H3. The van der Waals surface area contributed by atoms with E-state index in [9.17, 15) is 0 Å². The molecule has 116 valence electrons. The lowest BCUT2D eigenvalue weighted by molar-refractivity contribution is 0.0779. The largest absolute Gasteiger partial charge is 0.382 e. The van der Waals surface area contributed by atoms with Crippen molar-refractivity contribution in [1.29, 1.82) is 0 Å². The Morgan fingerprint density at radius 2 is 1.53 bits per heavy atom. The maximum atomic E-state index is 5.74. The van der Waals surface area contributed by atoms with E-state index in [1.165, 1.54) is 12.0 Å². The maximum Gasteiger partial charge on any atom is 0.0782 e. The zero-order chi connectivity index (χ0) is 15.1. The van der Waals surface area contributed by atoms with Crippen molar-refractivity contribution in [2.45, 2.75) is 73.8 Å². The topological polar surface area (TPSA) is 18.5 Å². The van der Waals surface area contributed by atoms with Crippen molar-refractivity contribution >= 4 is 0 Å². The average Bonchev–Trinajstić information content (AvgIpc) is 2.36. The van der Waals surface area contributed by atoms with Gasteiger partial charge in [-0.1, -0.05) is 26.8 Å². The molecule has 1 unspecified atom stereocenters. The van der Waals surface area contributed by atoms with E-state index in [1.54, 1.807) is 0 Å². The van der Waals surface area contributed by atoms with Crippen LogP contribution in [-0.2, 0) is 9.47 Å². The third kappa shape index (κ3) is 15.6. The lowest BCUT2D eigenvalue weighted by atomic mass is 10.00. The quantitative estimate of drug-likeness (QED) is 0.535. The first-order chi connectivity index (χ1) is 9.03. The van der Waals surface area contributed by atoms with Gasteiger partial charge in [-0.25, -0.2) is 0 Å². The SMILES string of the molecule is CCC=C(C)C(CCC(C)C)OCC.CCOCC. The monoisotopic (exact) mass is 272 g/mol. The summed E-state index contributed by atoms with van der Waals surface area (Å²) in [5.41, 5.74) is 1.40. The van der Waals surface area contributed by atoms with Gasteiger partial charge in [0.1, 0.15) is 0 Å². The molecular formula is C17H36O2. The van der Waals surface area contributed by atoms with Crippen molar-refractivity contribution in [3.8, 4) is 0 Å². The lowest BCUT2D eigenvalue weighted by Gasteiger charge is -2.19. The fourth-order valence-corrected chi connectivity index (χ4v) is 1.79. The van der Waals surface area contributed by atoms with Crippen molar-refractivity contribution in [2.24, 2.45) is 5.92 Å². The normalized spacial score (nSPS) is 13.2. The zero-order valence-electron chi connectivity index (χ0n) is 14.3. The van der Waals surface area contributed by atoms with Crippen LogP contribution in [0, 0.1) is 5.92 Å². The van der Waals surface area contributed by atoms with Crippen LogP contribution in [-0.4, -0.2) is 25.9 Å². The third-order valence-electron chi connectivity index (χ3n) is 2.82. The molecule has 0 amide bonds. The van der Waals surface area contributed by atoms with Gasteiger partial charge in [-0.2, -0.15) is 0 Å². The number of hydrogen-bond acceptors (Lipinski definition) is 2. The van der Waals surface area contributed by atoms with Gasteiger partial charge in [-0.15, -0.1) is 0 Å². The van der Waals surface area contributed by atoms with Gasteiger partial charge in [0.2, 0.25) is 0 Å². The third-order valence-corrected chi connectivity index (χ3v) is 2.82. The molecular weight excluding hydrogens is 236 g/mol. The zero-order valence-corrected chi connectivity index (χ0v) is 14.3. The van der Waals surface area contributed by atoms with Gasteiger partial charge in [0.05, 0.1) is 6.10 Å². The molecule has 0 rings (SSSR count). The van der Waals surface area contributed by atoms with Crippen LogP contribution >= 0.6 is 0 Å². The molecule has 0 saturated heterocycles. The summed E-state index contributed by atoms with van der Waals surface area (Å²) < 4.78 is 10.6. The van der Waals surface area contributed by atoms with Crippen molar-refractivity contribution in [3.63, 3.8) is 0 Å². The molecule has 0 N–H and O–H groups in total. The summed E-state index contributed by atoms with van der Waals surface area (Å²) in [5.74, 6) is 0.771. The van der Waals surface area contributed by atoms with E-state index in [0.29, 0.717) is 6.10 Å². The molecule has 0 aliphatic heterocycles. The Bertz CT molecular complexity index is 195. The summed E-state index contributed by atoms with van der Waals surface area (Å²) in [6.07, 6.45) is 6.15. The van der Waals surface area contributed by atoms with E-state index < -0.39 is 0 Å². The molecule has 0 fully saturated rings. The Labute approximate surface area is 121 Å². The number of hydrogen-bond donors (Lipinski definition) is 0. The molecule has 0 aromatic carbocycles. The van der Waals surface area contributed by atoms with Gasteiger partial charge >= 0.3 is 0 Å². The minimum Gasteiger partial charge on any atom is -0.382 e. The summed E-state index contributed by atoms with van der Waals surface area (Å²) in [6.45, 7) is 17.4. The Morgan fingerprint density at radius 3 is 1.84 bits per heavy atom. The molecule has 0 heterocycles. The fraction of sp³-hybridized carbons (Fsp3) is 0.882. The first-order valence-corrected chi connectivity index (χ1v) is 7.89. The minimum atomic E-state index is 0.349. The molecule has 0 aromatic heterocycles. The van der Waals surface area contributed by atoms with Gasteiger partial charge in [0, 0.05) is 19.8 Å². The Morgan fingerprint density at radius 1 is 0.947 bits per heavy atom. The van der Waals surface area contributed by atoms with Crippen LogP contribution in [0.2, 0.25) is 0 Å². The Balaban J connectivity index is 0. The van der Waals surface area contributed by atoms with E-state index in [2.05, 4.69) is 40.7 Å². The second-order valence-electron chi connectivity index (χ2n) is 5.05. The van der Waals surface area contributed by atoms with E-state index >= 15 is 0 Å². The molecule has 2 nitrogen and oxygen atoms in total. The van der Waals surface area contributed by atoms with Crippen LogP contribution in [0.25, 0.3) is 0 Å². The lowest BCUT2D eigenvalue weighted by Crippen LogP contribution is -2.15. The van der Waals surface area contributed by atoms with Gasteiger partial charge < -0.3 is 9.47 Å². The first-order valence-electron chi connectivity index (χ1n) is 7.89. The van der Waals surface area contributed by atoms with Gasteiger partial charge in [-0.05, 0) is 58.4 Å². The Hall–Kier alpha value is -0.340. The number of rotatable bonds is 9. The fourth-order valence-electron chi connectivity index (χ4n) is 1.79. The highest BCUT2D eigenvalue weighted by atomic mass is 16.5. The maximum absolute atomic E-state index is 5.74. The second kappa shape index (κ2) is 15.7. The van der Waals surface area contributed by atoms with Gasteiger partial charge in [0.15, 0.2) is 0 Å². The molecule has 1 atom stereocenters. The molecule has 0 aliphatic carbocycles. The molecule has 0 bridgehead atoms. The van der Waals surface area contributed by atoms with Crippen LogP contribution in [0.5, 0.6) is 0 Å². The summed E-state index contributed by atoms with van der Waals surface area (Å²) in [5, 5.41) is 0. The van der Waals surface area contributed by atoms with E-state index in [4.69, 9.17) is 9.47 Å². The number of allylic oxidation sites excluding steroid dienone is 1. The van der Waals surface area contributed by atoms with Crippen LogP contribution in [0.4, 0.5) is 0 Å². The predicted molar refractivity (Wildman–Crippen MR) is 85.7 cm³/mol. The van der Waals surface area contributed by atoms with E-state index in [1.807, 2.05) is 13.8 Å². The molecule has 0 radical (unpaired) electrons. The average molecular weight is 272 g/mol. The van der Waals surface area contributed by atoms with E-state index in [-0.39, 0.29) is 0 Å². The minimum absolute atomic E-state index is 0.349. The molecule has 2 heteroatoms. The highest BCUT2D eigenvalue weighted by molar-refractivity contribution is 5.04. The number of ether oxygens (including phenoxy) is 2. The molecule has 0 spiro atoms. The highest BCUT2D eigenvalue weighted by Gasteiger charge is 2.10.